The Bertz CT molecular complexity index is 638. The highest BCUT2D eigenvalue weighted by Crippen LogP contribution is 2.23. The number of hydrogen-bond donors (Lipinski definition) is 1. The van der Waals surface area contributed by atoms with Crippen LogP contribution in [0.2, 0.25) is 10.0 Å². The number of anilines is 1. The van der Waals surface area contributed by atoms with E-state index in [1.165, 1.54) is 0 Å². The molecule has 0 amide bonds. The summed E-state index contributed by atoms with van der Waals surface area (Å²) in [6.45, 7) is 1.84. The number of ketones is 1. The van der Waals surface area contributed by atoms with Gasteiger partial charge in [-0.15, -0.1) is 0 Å². The normalized spacial score (nSPS) is 10.5. The number of nitrogen functional groups attached to an aromatic ring is 1. The molecule has 4 heteroatoms. The van der Waals surface area contributed by atoms with E-state index < -0.39 is 0 Å². The van der Waals surface area contributed by atoms with Crippen molar-refractivity contribution < 1.29 is 4.79 Å². The molecule has 2 N–H and O–H groups in total. The van der Waals surface area contributed by atoms with Crippen molar-refractivity contribution in [2.24, 2.45) is 0 Å². The monoisotopic (exact) mass is 293 g/mol. The smallest absolute Gasteiger partial charge is 0.167 e. The Balaban J connectivity index is 2.31. The van der Waals surface area contributed by atoms with Gasteiger partial charge in [0.2, 0.25) is 0 Å². The fourth-order valence-corrected chi connectivity index (χ4v) is 2.28. The zero-order valence-corrected chi connectivity index (χ0v) is 11.9. The Kier molecular flexibility index (Phi) is 4.13. The highest BCUT2D eigenvalue weighted by Gasteiger charge is 2.13. The number of Topliss-reactive ketones (excluding diaryl/α,β-unsaturated/α-hetero) is 1. The van der Waals surface area contributed by atoms with Crippen LogP contribution >= 0.6 is 23.2 Å². The van der Waals surface area contributed by atoms with Crippen LogP contribution in [0.1, 0.15) is 21.5 Å². The van der Waals surface area contributed by atoms with Crippen LogP contribution in [0.4, 0.5) is 5.69 Å². The number of rotatable bonds is 3. The molecule has 0 heterocycles. The summed E-state index contributed by atoms with van der Waals surface area (Å²) in [6, 6.07) is 10.4. The van der Waals surface area contributed by atoms with Crippen LogP contribution in [-0.2, 0) is 6.42 Å². The number of halogens is 2. The minimum Gasteiger partial charge on any atom is -0.398 e. The van der Waals surface area contributed by atoms with Gasteiger partial charge in [0.05, 0.1) is 0 Å². The fraction of sp³-hybridized carbons (Fsp3) is 0.133. The van der Waals surface area contributed by atoms with E-state index in [0.29, 0.717) is 21.3 Å². The average Bonchev–Trinajstić information content (AvgIpc) is 2.37. The van der Waals surface area contributed by atoms with E-state index in [-0.39, 0.29) is 12.2 Å². The van der Waals surface area contributed by atoms with Crippen LogP contribution in [0.25, 0.3) is 0 Å². The molecule has 2 aromatic carbocycles. The largest absolute Gasteiger partial charge is 0.398 e. The molecular weight excluding hydrogens is 281 g/mol. The second kappa shape index (κ2) is 5.64. The Labute approximate surface area is 122 Å². The first-order chi connectivity index (χ1) is 8.99. The minimum absolute atomic E-state index is 0.0195. The van der Waals surface area contributed by atoms with E-state index in [1.807, 2.05) is 6.92 Å². The van der Waals surface area contributed by atoms with Crippen molar-refractivity contribution >= 4 is 34.7 Å². The van der Waals surface area contributed by atoms with Crippen molar-refractivity contribution in [3.63, 3.8) is 0 Å². The topological polar surface area (TPSA) is 43.1 Å². The summed E-state index contributed by atoms with van der Waals surface area (Å²) >= 11 is 12.0. The number of carbonyl (C=O) groups excluding carboxylic acids is 1. The van der Waals surface area contributed by atoms with Crippen LogP contribution in [0.15, 0.2) is 36.4 Å². The molecule has 0 aliphatic heterocycles. The first kappa shape index (κ1) is 13.9. The molecule has 2 aromatic rings. The van der Waals surface area contributed by atoms with Gasteiger partial charge in [0.1, 0.15) is 0 Å². The van der Waals surface area contributed by atoms with Crippen molar-refractivity contribution in [3.05, 3.63) is 63.1 Å². The molecule has 0 spiro atoms. The first-order valence-corrected chi connectivity index (χ1v) is 6.57. The van der Waals surface area contributed by atoms with Gasteiger partial charge in [0.15, 0.2) is 5.78 Å². The van der Waals surface area contributed by atoms with E-state index in [9.17, 15) is 4.79 Å². The summed E-state index contributed by atoms with van der Waals surface area (Å²) in [4.78, 5) is 12.3. The van der Waals surface area contributed by atoms with Crippen LogP contribution in [0.5, 0.6) is 0 Å². The molecule has 2 rings (SSSR count). The van der Waals surface area contributed by atoms with E-state index in [4.69, 9.17) is 28.9 Å². The summed E-state index contributed by atoms with van der Waals surface area (Å²) in [7, 11) is 0. The summed E-state index contributed by atoms with van der Waals surface area (Å²) in [5.41, 5.74) is 8.56. The second-order valence-electron chi connectivity index (χ2n) is 4.36. The van der Waals surface area contributed by atoms with Gasteiger partial charge in [0, 0.05) is 27.7 Å². The predicted octanol–water partition coefficient (Wildman–Crippen LogP) is 4.31. The maximum atomic E-state index is 12.3. The molecule has 0 fully saturated rings. The number of carbonyl (C=O) groups is 1. The van der Waals surface area contributed by atoms with Gasteiger partial charge in [-0.2, -0.15) is 0 Å². The molecule has 0 bridgehead atoms. The van der Waals surface area contributed by atoms with Gasteiger partial charge in [-0.1, -0.05) is 35.3 Å². The second-order valence-corrected chi connectivity index (χ2v) is 5.20. The zero-order chi connectivity index (χ0) is 14.0. The molecule has 0 aliphatic rings. The van der Waals surface area contributed by atoms with Crippen molar-refractivity contribution in [1.29, 1.82) is 0 Å². The van der Waals surface area contributed by atoms with E-state index >= 15 is 0 Å². The quantitative estimate of drug-likeness (QED) is 0.677. The third kappa shape index (κ3) is 3.09. The van der Waals surface area contributed by atoms with Crippen molar-refractivity contribution in [1.82, 2.24) is 0 Å². The van der Waals surface area contributed by atoms with Gasteiger partial charge >= 0.3 is 0 Å². The Morgan fingerprint density at radius 3 is 2.68 bits per heavy atom. The molecule has 0 unspecified atom stereocenters. The zero-order valence-electron chi connectivity index (χ0n) is 10.4. The molecule has 0 aromatic heterocycles. The lowest BCUT2D eigenvalue weighted by Crippen LogP contribution is -2.07. The summed E-state index contributed by atoms with van der Waals surface area (Å²) in [6.07, 6.45) is 0.212. The summed E-state index contributed by atoms with van der Waals surface area (Å²) in [5.74, 6) is -0.0195. The summed E-state index contributed by atoms with van der Waals surface area (Å²) in [5, 5.41) is 1.11. The van der Waals surface area contributed by atoms with E-state index in [2.05, 4.69) is 0 Å². The molecule has 0 aliphatic carbocycles. The number of hydrogen-bond acceptors (Lipinski definition) is 2. The fourth-order valence-electron chi connectivity index (χ4n) is 1.90. The third-order valence-electron chi connectivity index (χ3n) is 3.03. The Morgan fingerprint density at radius 1 is 1.21 bits per heavy atom. The lowest BCUT2D eigenvalue weighted by Gasteiger charge is -2.08. The minimum atomic E-state index is -0.0195. The molecule has 0 atom stereocenters. The van der Waals surface area contributed by atoms with Crippen LogP contribution in [0, 0.1) is 6.92 Å². The molecule has 19 heavy (non-hydrogen) atoms. The van der Waals surface area contributed by atoms with Gasteiger partial charge < -0.3 is 5.73 Å². The van der Waals surface area contributed by atoms with Crippen LogP contribution in [0.3, 0.4) is 0 Å². The van der Waals surface area contributed by atoms with Crippen molar-refractivity contribution in [3.8, 4) is 0 Å². The van der Waals surface area contributed by atoms with Gasteiger partial charge in [-0.3, -0.25) is 4.79 Å². The molecule has 0 saturated heterocycles. The third-order valence-corrected chi connectivity index (χ3v) is 3.64. The Hall–Kier alpha value is -1.51. The standard InChI is InChI=1S/C15H13Cl2NO/c1-9-12(3-2-4-14(9)18)15(19)8-10-7-11(16)5-6-13(10)17/h2-7H,8,18H2,1H3. The average molecular weight is 294 g/mol. The SMILES string of the molecule is Cc1c(N)cccc1C(=O)Cc1cc(Cl)ccc1Cl. The van der Waals surface area contributed by atoms with Gasteiger partial charge in [-0.05, 0) is 42.3 Å². The Morgan fingerprint density at radius 2 is 1.95 bits per heavy atom. The maximum Gasteiger partial charge on any atom is 0.167 e. The molecular formula is C15H13Cl2NO. The van der Waals surface area contributed by atoms with Gasteiger partial charge in [-0.25, -0.2) is 0 Å². The number of benzene rings is 2. The summed E-state index contributed by atoms with van der Waals surface area (Å²) < 4.78 is 0. The van der Waals surface area contributed by atoms with Crippen molar-refractivity contribution in [2.45, 2.75) is 13.3 Å². The van der Waals surface area contributed by atoms with Crippen LogP contribution < -0.4 is 5.73 Å². The molecule has 2 nitrogen and oxygen atoms in total. The number of nitrogens with two attached hydrogens (primary N) is 1. The lowest BCUT2D eigenvalue weighted by atomic mass is 9.98. The first-order valence-electron chi connectivity index (χ1n) is 5.81. The molecule has 0 saturated carbocycles. The maximum absolute atomic E-state index is 12.3. The van der Waals surface area contributed by atoms with E-state index in [0.717, 1.165) is 11.1 Å². The molecule has 98 valence electrons. The van der Waals surface area contributed by atoms with Crippen molar-refractivity contribution in [2.75, 3.05) is 5.73 Å². The molecule has 0 radical (unpaired) electrons. The van der Waals surface area contributed by atoms with Crippen LogP contribution in [-0.4, -0.2) is 5.78 Å². The lowest BCUT2D eigenvalue weighted by molar-refractivity contribution is 0.0992. The predicted molar refractivity (Wildman–Crippen MR) is 80.1 cm³/mol. The van der Waals surface area contributed by atoms with E-state index in [1.54, 1.807) is 36.4 Å². The highest BCUT2D eigenvalue weighted by atomic mass is 35.5. The highest BCUT2D eigenvalue weighted by molar-refractivity contribution is 6.33. The van der Waals surface area contributed by atoms with Gasteiger partial charge in [0.25, 0.3) is 0 Å².